The summed E-state index contributed by atoms with van der Waals surface area (Å²) >= 11 is 0. The van der Waals surface area contributed by atoms with Crippen molar-refractivity contribution < 1.29 is 14.1 Å². The van der Waals surface area contributed by atoms with Crippen molar-refractivity contribution in [1.82, 2.24) is 15.4 Å². The van der Waals surface area contributed by atoms with E-state index in [1.165, 1.54) is 4.90 Å². The van der Waals surface area contributed by atoms with Gasteiger partial charge in [0.05, 0.1) is 13.1 Å². The van der Waals surface area contributed by atoms with Gasteiger partial charge in [-0.2, -0.15) is 0 Å². The summed E-state index contributed by atoms with van der Waals surface area (Å²) in [7, 11) is 1.60. The molecular formula is C12H18N4O3. The lowest BCUT2D eigenvalue weighted by molar-refractivity contribution is -0.132. The summed E-state index contributed by atoms with van der Waals surface area (Å²) in [5, 5.41) is 9.33. The molecule has 0 saturated heterocycles. The molecule has 0 spiro atoms. The summed E-state index contributed by atoms with van der Waals surface area (Å²) in [6, 6.07) is 2.10. The van der Waals surface area contributed by atoms with Gasteiger partial charge < -0.3 is 20.1 Å². The number of nitrogens with zero attached hydrogens (tertiary/aromatic N) is 2. The number of carbonyl (C=O) groups is 2. The molecule has 2 N–H and O–H groups in total. The zero-order valence-corrected chi connectivity index (χ0v) is 11.1. The third kappa shape index (κ3) is 4.36. The lowest BCUT2D eigenvalue weighted by Crippen LogP contribution is -2.40. The number of carbonyl (C=O) groups excluding carboxylic acids is 2. The number of aryl methyl sites for hydroxylation is 1. The van der Waals surface area contributed by atoms with Crippen molar-refractivity contribution >= 4 is 17.6 Å². The molecule has 19 heavy (non-hydrogen) atoms. The third-order valence-corrected chi connectivity index (χ3v) is 2.82. The van der Waals surface area contributed by atoms with E-state index in [1.54, 1.807) is 20.0 Å². The molecule has 2 rings (SSSR count). The fourth-order valence-corrected chi connectivity index (χ4v) is 1.57. The van der Waals surface area contributed by atoms with Gasteiger partial charge in [-0.1, -0.05) is 5.16 Å². The predicted molar refractivity (Wildman–Crippen MR) is 68.5 cm³/mol. The van der Waals surface area contributed by atoms with Gasteiger partial charge in [-0.25, -0.2) is 0 Å². The molecule has 1 aromatic heterocycles. The van der Waals surface area contributed by atoms with Gasteiger partial charge in [-0.05, 0) is 19.8 Å². The van der Waals surface area contributed by atoms with Crippen molar-refractivity contribution in [3.05, 3.63) is 11.8 Å². The second-order valence-corrected chi connectivity index (χ2v) is 4.78. The fourth-order valence-electron chi connectivity index (χ4n) is 1.57. The fraction of sp³-hybridized carbons (Fsp3) is 0.583. The third-order valence-electron chi connectivity index (χ3n) is 2.82. The minimum Gasteiger partial charge on any atom is -0.360 e. The highest BCUT2D eigenvalue weighted by Gasteiger charge is 2.22. The van der Waals surface area contributed by atoms with E-state index in [9.17, 15) is 9.59 Å². The van der Waals surface area contributed by atoms with E-state index in [0.29, 0.717) is 17.6 Å². The number of likely N-dealkylation sites (N-methyl/N-ethyl adjacent to an activating group) is 1. The molecule has 0 atom stereocenters. The number of hydrogen-bond acceptors (Lipinski definition) is 5. The molecule has 7 heteroatoms. The van der Waals surface area contributed by atoms with E-state index in [1.807, 2.05) is 0 Å². The van der Waals surface area contributed by atoms with Crippen LogP contribution < -0.4 is 10.6 Å². The average Bonchev–Trinajstić information content (AvgIpc) is 3.09. The Morgan fingerprint density at radius 3 is 2.84 bits per heavy atom. The SMILES string of the molecule is Cc1cc(NC(=O)CN(C)C(=O)CNC2CC2)no1. The van der Waals surface area contributed by atoms with Crippen LogP contribution in [0.25, 0.3) is 0 Å². The predicted octanol–water partition coefficient (Wildman–Crippen LogP) is 0.132. The molecule has 1 saturated carbocycles. The lowest BCUT2D eigenvalue weighted by Gasteiger charge is -2.16. The van der Waals surface area contributed by atoms with Gasteiger partial charge in [-0.3, -0.25) is 9.59 Å². The molecule has 104 valence electrons. The van der Waals surface area contributed by atoms with E-state index in [0.717, 1.165) is 12.8 Å². The normalized spacial score (nSPS) is 14.2. The van der Waals surface area contributed by atoms with Gasteiger partial charge in [0.1, 0.15) is 5.76 Å². The number of anilines is 1. The second kappa shape index (κ2) is 5.83. The van der Waals surface area contributed by atoms with Crippen LogP contribution in [0.15, 0.2) is 10.6 Å². The second-order valence-electron chi connectivity index (χ2n) is 4.78. The van der Waals surface area contributed by atoms with Crippen LogP contribution in [0.5, 0.6) is 0 Å². The first-order valence-electron chi connectivity index (χ1n) is 6.25. The van der Waals surface area contributed by atoms with Gasteiger partial charge >= 0.3 is 0 Å². The maximum absolute atomic E-state index is 11.7. The summed E-state index contributed by atoms with van der Waals surface area (Å²) in [6.45, 7) is 2.01. The Morgan fingerprint density at radius 2 is 2.26 bits per heavy atom. The van der Waals surface area contributed by atoms with Crippen molar-refractivity contribution in [1.29, 1.82) is 0 Å². The Hall–Kier alpha value is -1.89. The standard InChI is InChI=1S/C12H18N4O3/c1-8-5-10(15-19-8)14-11(17)7-16(2)12(18)6-13-9-3-4-9/h5,9,13H,3-4,6-7H2,1-2H3,(H,14,15,17). The molecule has 1 aliphatic carbocycles. The number of aromatic nitrogens is 1. The van der Waals surface area contributed by atoms with Crippen LogP contribution in [-0.4, -0.2) is 48.0 Å². The zero-order chi connectivity index (χ0) is 13.8. The summed E-state index contributed by atoms with van der Waals surface area (Å²) in [5.41, 5.74) is 0. The summed E-state index contributed by atoms with van der Waals surface area (Å²) in [5.74, 6) is 0.585. The lowest BCUT2D eigenvalue weighted by atomic mass is 10.4. The van der Waals surface area contributed by atoms with Gasteiger partial charge in [0.2, 0.25) is 11.8 Å². The minimum absolute atomic E-state index is 0.00289. The van der Waals surface area contributed by atoms with Crippen LogP contribution in [-0.2, 0) is 9.59 Å². The molecule has 0 aliphatic heterocycles. The van der Waals surface area contributed by atoms with E-state index in [-0.39, 0.29) is 24.9 Å². The van der Waals surface area contributed by atoms with Crippen molar-refractivity contribution in [3.8, 4) is 0 Å². The highest BCUT2D eigenvalue weighted by molar-refractivity contribution is 5.93. The highest BCUT2D eigenvalue weighted by Crippen LogP contribution is 2.18. The Labute approximate surface area is 111 Å². The smallest absolute Gasteiger partial charge is 0.245 e. The molecule has 2 amide bonds. The first-order valence-corrected chi connectivity index (χ1v) is 6.25. The number of amides is 2. The molecule has 0 radical (unpaired) electrons. The monoisotopic (exact) mass is 266 g/mol. The van der Waals surface area contributed by atoms with Crippen LogP contribution >= 0.6 is 0 Å². The Kier molecular flexibility index (Phi) is 4.16. The summed E-state index contributed by atoms with van der Waals surface area (Å²) < 4.78 is 4.83. The average molecular weight is 266 g/mol. The van der Waals surface area contributed by atoms with Crippen molar-refractivity contribution in [3.63, 3.8) is 0 Å². The van der Waals surface area contributed by atoms with E-state index >= 15 is 0 Å². The molecule has 0 aromatic carbocycles. The first kappa shape index (κ1) is 13.5. The maximum Gasteiger partial charge on any atom is 0.245 e. The topological polar surface area (TPSA) is 87.5 Å². The zero-order valence-electron chi connectivity index (χ0n) is 11.1. The number of hydrogen-bond donors (Lipinski definition) is 2. The van der Waals surface area contributed by atoms with Crippen LogP contribution in [0.3, 0.4) is 0 Å². The Bertz CT molecular complexity index is 467. The molecular weight excluding hydrogens is 248 g/mol. The molecule has 0 bridgehead atoms. The highest BCUT2D eigenvalue weighted by atomic mass is 16.5. The minimum atomic E-state index is -0.296. The van der Waals surface area contributed by atoms with Crippen molar-refractivity contribution in [2.75, 3.05) is 25.5 Å². The molecule has 1 aliphatic rings. The molecule has 7 nitrogen and oxygen atoms in total. The number of nitrogens with one attached hydrogen (secondary N) is 2. The van der Waals surface area contributed by atoms with E-state index in [4.69, 9.17) is 4.52 Å². The first-order chi connectivity index (χ1) is 9.04. The van der Waals surface area contributed by atoms with Crippen LogP contribution in [0, 0.1) is 6.92 Å². The molecule has 1 aromatic rings. The van der Waals surface area contributed by atoms with Crippen LogP contribution in [0.1, 0.15) is 18.6 Å². The summed E-state index contributed by atoms with van der Waals surface area (Å²) in [6.07, 6.45) is 2.26. The van der Waals surface area contributed by atoms with Crippen LogP contribution in [0.2, 0.25) is 0 Å². The molecule has 1 fully saturated rings. The molecule has 0 unspecified atom stereocenters. The van der Waals surface area contributed by atoms with E-state index in [2.05, 4.69) is 15.8 Å². The quantitative estimate of drug-likeness (QED) is 0.764. The Morgan fingerprint density at radius 1 is 1.53 bits per heavy atom. The van der Waals surface area contributed by atoms with Gasteiger partial charge in [0.15, 0.2) is 5.82 Å². The number of rotatable bonds is 6. The largest absolute Gasteiger partial charge is 0.360 e. The van der Waals surface area contributed by atoms with Gasteiger partial charge in [0.25, 0.3) is 0 Å². The maximum atomic E-state index is 11.7. The van der Waals surface area contributed by atoms with Crippen molar-refractivity contribution in [2.45, 2.75) is 25.8 Å². The van der Waals surface area contributed by atoms with Gasteiger partial charge in [0, 0.05) is 19.2 Å². The van der Waals surface area contributed by atoms with Crippen molar-refractivity contribution in [2.24, 2.45) is 0 Å². The van der Waals surface area contributed by atoms with Gasteiger partial charge in [-0.15, -0.1) is 0 Å². The van der Waals surface area contributed by atoms with Crippen LogP contribution in [0.4, 0.5) is 5.82 Å². The summed E-state index contributed by atoms with van der Waals surface area (Å²) in [4.78, 5) is 24.8. The van der Waals surface area contributed by atoms with E-state index < -0.39 is 0 Å². The molecule has 1 heterocycles. The Balaban J connectivity index is 1.72.